The van der Waals surface area contributed by atoms with Crippen LogP contribution in [0, 0.1) is 12.3 Å². The van der Waals surface area contributed by atoms with Gasteiger partial charge >= 0.3 is 5.97 Å². The van der Waals surface area contributed by atoms with Gasteiger partial charge in [0.1, 0.15) is 12.2 Å². The van der Waals surface area contributed by atoms with Crippen molar-refractivity contribution in [3.05, 3.63) is 24.0 Å². The van der Waals surface area contributed by atoms with Crippen LogP contribution in [0.25, 0.3) is 0 Å². The summed E-state index contributed by atoms with van der Waals surface area (Å²) in [4.78, 5) is 21.9. The first kappa shape index (κ1) is 10.9. The van der Waals surface area contributed by atoms with Crippen molar-refractivity contribution >= 4 is 11.9 Å². The fourth-order valence-corrected chi connectivity index (χ4v) is 1.13. The predicted molar refractivity (Wildman–Crippen MR) is 53.2 cm³/mol. The Hall–Kier alpha value is -2.22. The van der Waals surface area contributed by atoms with E-state index in [0.717, 1.165) is 0 Å². The Morgan fingerprint density at radius 3 is 2.93 bits per heavy atom. The van der Waals surface area contributed by atoms with Gasteiger partial charge < -0.3 is 15.0 Å². The van der Waals surface area contributed by atoms with Crippen molar-refractivity contribution in [3.63, 3.8) is 0 Å². The Morgan fingerprint density at radius 1 is 1.60 bits per heavy atom. The molecule has 1 rings (SSSR count). The molecule has 1 amide bonds. The van der Waals surface area contributed by atoms with Gasteiger partial charge in [-0.25, -0.2) is 0 Å². The van der Waals surface area contributed by atoms with Gasteiger partial charge in [0.2, 0.25) is 0 Å². The summed E-state index contributed by atoms with van der Waals surface area (Å²) < 4.78 is 1.34. The molecule has 1 heterocycles. The summed E-state index contributed by atoms with van der Waals surface area (Å²) in [6.45, 7) is -0.122. The number of hydrogen-bond acceptors (Lipinski definition) is 2. The first-order valence-corrected chi connectivity index (χ1v) is 4.23. The summed E-state index contributed by atoms with van der Waals surface area (Å²) in [5.41, 5.74) is 0.285. The summed E-state index contributed by atoms with van der Waals surface area (Å²) >= 11 is 0. The molecule has 0 saturated heterocycles. The molecule has 0 radical (unpaired) electrons. The molecule has 2 N–H and O–H groups in total. The molecule has 0 aliphatic carbocycles. The van der Waals surface area contributed by atoms with Crippen molar-refractivity contribution in [2.75, 3.05) is 6.54 Å². The molecule has 0 aromatic carbocycles. The summed E-state index contributed by atoms with van der Waals surface area (Å²) in [7, 11) is 0. The number of nitrogens with zero attached hydrogens (tertiary/aromatic N) is 1. The normalized spacial score (nSPS) is 9.27. The molecule has 0 atom stereocenters. The van der Waals surface area contributed by atoms with Crippen molar-refractivity contribution in [3.8, 4) is 12.3 Å². The Morgan fingerprint density at radius 2 is 2.33 bits per heavy atom. The molecular formula is C10H10N2O3. The van der Waals surface area contributed by atoms with Crippen molar-refractivity contribution in [1.29, 1.82) is 0 Å². The number of nitrogens with one attached hydrogen (secondary N) is 1. The lowest BCUT2D eigenvalue weighted by atomic mass is 10.4. The van der Waals surface area contributed by atoms with Gasteiger partial charge in [0.15, 0.2) is 0 Å². The molecule has 1 aromatic rings. The van der Waals surface area contributed by atoms with Gasteiger partial charge in [0.05, 0.1) is 6.54 Å². The molecule has 0 aliphatic rings. The summed E-state index contributed by atoms with van der Waals surface area (Å²) in [5, 5.41) is 11.0. The lowest BCUT2D eigenvalue weighted by Crippen LogP contribution is -2.26. The molecule has 0 fully saturated rings. The van der Waals surface area contributed by atoms with Gasteiger partial charge in [0.25, 0.3) is 5.91 Å². The highest BCUT2D eigenvalue weighted by Gasteiger charge is 2.11. The Kier molecular flexibility index (Phi) is 3.52. The van der Waals surface area contributed by atoms with Gasteiger partial charge in [-0.3, -0.25) is 9.59 Å². The number of carbonyl (C=O) groups excluding carboxylic acids is 1. The highest BCUT2D eigenvalue weighted by molar-refractivity contribution is 5.93. The minimum absolute atomic E-state index is 0.122. The summed E-state index contributed by atoms with van der Waals surface area (Å²) in [5.74, 6) is 0.885. The van der Waals surface area contributed by atoms with E-state index in [4.69, 9.17) is 11.5 Å². The van der Waals surface area contributed by atoms with Crippen LogP contribution in [0.15, 0.2) is 18.3 Å². The maximum Gasteiger partial charge on any atom is 0.323 e. The highest BCUT2D eigenvalue weighted by atomic mass is 16.4. The zero-order valence-corrected chi connectivity index (χ0v) is 7.93. The van der Waals surface area contributed by atoms with Crippen LogP contribution in [0.3, 0.4) is 0 Å². The third-order valence-corrected chi connectivity index (χ3v) is 1.72. The number of carboxylic acids is 1. The number of carbonyl (C=O) groups is 2. The fraction of sp³-hybridized carbons (Fsp3) is 0.200. The van der Waals surface area contributed by atoms with Crippen LogP contribution >= 0.6 is 0 Å². The van der Waals surface area contributed by atoms with Crippen LogP contribution in [-0.4, -0.2) is 28.1 Å². The SMILES string of the molecule is C#CCNC(=O)c1cccn1CC(=O)O. The van der Waals surface area contributed by atoms with Crippen LogP contribution in [0.1, 0.15) is 10.5 Å². The number of aromatic nitrogens is 1. The van der Waals surface area contributed by atoms with Crippen molar-refractivity contribution in [2.45, 2.75) is 6.54 Å². The topological polar surface area (TPSA) is 71.3 Å². The molecule has 5 nitrogen and oxygen atoms in total. The van der Waals surface area contributed by atoms with Crippen LogP contribution < -0.4 is 5.32 Å². The number of amides is 1. The van der Waals surface area contributed by atoms with E-state index in [2.05, 4.69) is 11.2 Å². The molecule has 0 saturated carbocycles. The molecular weight excluding hydrogens is 196 g/mol. The molecule has 78 valence electrons. The van der Waals surface area contributed by atoms with E-state index in [0.29, 0.717) is 0 Å². The monoisotopic (exact) mass is 206 g/mol. The van der Waals surface area contributed by atoms with Gasteiger partial charge in [0, 0.05) is 6.20 Å². The van der Waals surface area contributed by atoms with Gasteiger partial charge in [-0.2, -0.15) is 0 Å². The smallest absolute Gasteiger partial charge is 0.323 e. The van der Waals surface area contributed by atoms with E-state index in [9.17, 15) is 9.59 Å². The first-order chi connectivity index (χ1) is 7.15. The van der Waals surface area contributed by atoms with E-state index in [1.165, 1.54) is 16.8 Å². The van der Waals surface area contributed by atoms with E-state index in [1.54, 1.807) is 6.07 Å². The van der Waals surface area contributed by atoms with E-state index < -0.39 is 5.97 Å². The number of hydrogen-bond donors (Lipinski definition) is 2. The van der Waals surface area contributed by atoms with E-state index in [1.807, 2.05) is 0 Å². The van der Waals surface area contributed by atoms with Crippen molar-refractivity contribution < 1.29 is 14.7 Å². The molecule has 0 spiro atoms. The molecule has 15 heavy (non-hydrogen) atoms. The predicted octanol–water partition coefficient (Wildman–Crippen LogP) is -0.0643. The summed E-state index contributed by atoms with van der Waals surface area (Å²) in [6, 6.07) is 3.14. The van der Waals surface area contributed by atoms with Gasteiger partial charge in [-0.15, -0.1) is 6.42 Å². The van der Waals surface area contributed by atoms with Crippen molar-refractivity contribution in [1.82, 2.24) is 9.88 Å². The number of aliphatic carboxylic acids is 1. The first-order valence-electron chi connectivity index (χ1n) is 4.23. The van der Waals surface area contributed by atoms with Gasteiger partial charge in [-0.1, -0.05) is 5.92 Å². The van der Waals surface area contributed by atoms with Crippen LogP contribution in [0.5, 0.6) is 0 Å². The largest absolute Gasteiger partial charge is 0.480 e. The molecule has 0 aliphatic heterocycles. The maximum absolute atomic E-state index is 11.4. The molecule has 0 bridgehead atoms. The Bertz CT molecular complexity index is 415. The van der Waals surface area contributed by atoms with E-state index in [-0.39, 0.29) is 24.7 Å². The van der Waals surface area contributed by atoms with Crippen LogP contribution in [-0.2, 0) is 11.3 Å². The minimum Gasteiger partial charge on any atom is -0.480 e. The Labute approximate surface area is 86.7 Å². The van der Waals surface area contributed by atoms with E-state index >= 15 is 0 Å². The second-order valence-corrected chi connectivity index (χ2v) is 2.80. The second kappa shape index (κ2) is 4.86. The number of terminal acetylenes is 1. The van der Waals surface area contributed by atoms with Crippen LogP contribution in [0.4, 0.5) is 0 Å². The minimum atomic E-state index is -1.00. The third-order valence-electron chi connectivity index (χ3n) is 1.72. The van der Waals surface area contributed by atoms with Crippen molar-refractivity contribution in [2.24, 2.45) is 0 Å². The number of rotatable bonds is 4. The zero-order chi connectivity index (χ0) is 11.3. The lowest BCUT2D eigenvalue weighted by molar-refractivity contribution is -0.137. The standard InChI is InChI=1S/C10H10N2O3/c1-2-5-11-10(15)8-4-3-6-12(8)7-9(13)14/h1,3-4,6H,5,7H2,(H,11,15)(H,13,14). The molecule has 0 unspecified atom stereocenters. The Balaban J connectivity index is 2.76. The van der Waals surface area contributed by atoms with Gasteiger partial charge in [-0.05, 0) is 12.1 Å². The average molecular weight is 206 g/mol. The number of carboxylic acid groups (broad SMARTS) is 1. The third kappa shape index (κ3) is 2.88. The molecule has 5 heteroatoms. The lowest BCUT2D eigenvalue weighted by Gasteiger charge is -2.05. The second-order valence-electron chi connectivity index (χ2n) is 2.80. The zero-order valence-electron chi connectivity index (χ0n) is 7.93. The fourth-order valence-electron chi connectivity index (χ4n) is 1.13. The average Bonchev–Trinajstić information content (AvgIpc) is 2.61. The van der Waals surface area contributed by atoms with Crippen LogP contribution in [0.2, 0.25) is 0 Å². The quantitative estimate of drug-likeness (QED) is 0.678. The highest BCUT2D eigenvalue weighted by Crippen LogP contribution is 2.01. The molecule has 1 aromatic heterocycles. The summed E-state index contributed by atoms with van der Waals surface area (Å²) in [6.07, 6.45) is 6.51. The maximum atomic E-state index is 11.4.